The van der Waals surface area contributed by atoms with E-state index in [-0.39, 0.29) is 16.4 Å². The number of sulfonamides is 1. The number of rotatable bonds is 5. The van der Waals surface area contributed by atoms with Gasteiger partial charge in [0.25, 0.3) is 10.0 Å². The van der Waals surface area contributed by atoms with Gasteiger partial charge in [-0.3, -0.25) is 4.79 Å². The third-order valence-corrected chi connectivity index (χ3v) is 4.28. The molecule has 21 heavy (non-hydrogen) atoms. The lowest BCUT2D eigenvalue weighted by atomic mass is 10.2. The maximum Gasteiger partial charge on any atom is 0.387 e. The fourth-order valence-corrected chi connectivity index (χ4v) is 2.51. The Labute approximate surface area is 116 Å². The van der Waals surface area contributed by atoms with Gasteiger partial charge in [-0.2, -0.15) is 13.1 Å². The summed E-state index contributed by atoms with van der Waals surface area (Å²) in [5.41, 5.74) is 2.80. The fourth-order valence-electron chi connectivity index (χ4n) is 1.39. The first-order valence-electron chi connectivity index (χ1n) is 5.19. The van der Waals surface area contributed by atoms with Crippen molar-refractivity contribution in [1.82, 2.24) is 4.31 Å². The first-order valence-corrected chi connectivity index (χ1v) is 6.63. The number of nitrogens with zero attached hydrogens (tertiary/aromatic N) is 1. The molecule has 0 saturated heterocycles. The fraction of sp³-hybridized carbons (Fsp3) is 0.300. The second-order valence-electron chi connectivity index (χ2n) is 3.97. The lowest BCUT2D eigenvalue weighted by molar-refractivity contribution is -0.118. The summed E-state index contributed by atoms with van der Waals surface area (Å²) in [6.45, 7) is -1.09. The molecule has 1 amide bonds. The van der Waals surface area contributed by atoms with Crippen molar-refractivity contribution in [3.05, 3.63) is 35.1 Å². The zero-order chi connectivity index (χ0) is 16.6. The van der Waals surface area contributed by atoms with Crippen LogP contribution in [-0.4, -0.2) is 32.2 Å². The molecule has 0 saturated carbocycles. The molecule has 0 atom stereocenters. The van der Waals surface area contributed by atoms with Crippen molar-refractivity contribution >= 4 is 15.9 Å². The van der Waals surface area contributed by atoms with Crippen molar-refractivity contribution in [2.24, 2.45) is 5.73 Å². The average molecular weight is 332 g/mol. The third kappa shape index (κ3) is 2.97. The number of carbonyl (C=O) groups excluding carboxylic acids is 1. The van der Waals surface area contributed by atoms with Gasteiger partial charge >= 0.3 is 5.25 Å². The van der Waals surface area contributed by atoms with Crippen LogP contribution in [-0.2, 0) is 20.1 Å². The molecule has 11 heteroatoms. The van der Waals surface area contributed by atoms with Gasteiger partial charge in [0.15, 0.2) is 17.5 Å². The van der Waals surface area contributed by atoms with Crippen LogP contribution in [0.3, 0.4) is 0 Å². The molecule has 5 nitrogen and oxygen atoms in total. The Morgan fingerprint density at radius 1 is 1.24 bits per heavy atom. The van der Waals surface area contributed by atoms with Crippen LogP contribution in [0.5, 0.6) is 0 Å². The van der Waals surface area contributed by atoms with Crippen LogP contribution in [0.2, 0.25) is 0 Å². The number of primary amides is 1. The smallest absolute Gasteiger partial charge is 0.369 e. The maximum atomic E-state index is 13.9. The Kier molecular flexibility index (Phi) is 4.58. The van der Waals surface area contributed by atoms with E-state index < -0.39 is 50.7 Å². The molecule has 1 rings (SSSR count). The number of benzene rings is 1. The van der Waals surface area contributed by atoms with Gasteiger partial charge in [-0.05, 0) is 12.1 Å². The van der Waals surface area contributed by atoms with E-state index in [1.54, 1.807) is 0 Å². The van der Waals surface area contributed by atoms with Crippen molar-refractivity contribution < 1.29 is 35.2 Å². The predicted octanol–water partition coefficient (Wildman–Crippen LogP) is 0.900. The van der Waals surface area contributed by atoms with Crippen molar-refractivity contribution in [3.63, 3.8) is 0 Å². The van der Waals surface area contributed by atoms with Gasteiger partial charge in [-0.15, -0.1) is 0 Å². The predicted molar refractivity (Wildman–Crippen MR) is 61.0 cm³/mol. The molecule has 0 aromatic heterocycles. The van der Waals surface area contributed by atoms with Gasteiger partial charge in [-0.1, -0.05) is 0 Å². The maximum absolute atomic E-state index is 13.9. The van der Waals surface area contributed by atoms with E-state index in [4.69, 9.17) is 0 Å². The molecule has 0 bridgehead atoms. The van der Waals surface area contributed by atoms with E-state index in [0.717, 1.165) is 0 Å². The zero-order valence-electron chi connectivity index (χ0n) is 10.4. The summed E-state index contributed by atoms with van der Waals surface area (Å²) < 4.78 is 89.9. The Balaban J connectivity index is 3.40. The summed E-state index contributed by atoms with van der Waals surface area (Å²) in [5, 5.41) is -4.92. The molecule has 1 aromatic rings. The van der Waals surface area contributed by atoms with E-state index >= 15 is 0 Å². The summed E-state index contributed by atoms with van der Waals surface area (Å²) in [4.78, 5) is 10.6. The highest BCUT2D eigenvalue weighted by molar-refractivity contribution is 7.89. The second kappa shape index (κ2) is 5.56. The van der Waals surface area contributed by atoms with Crippen molar-refractivity contribution in [2.75, 3.05) is 13.6 Å². The summed E-state index contributed by atoms with van der Waals surface area (Å²) in [7, 11) is -4.97. The Morgan fingerprint density at radius 2 is 1.76 bits per heavy atom. The molecule has 0 heterocycles. The van der Waals surface area contributed by atoms with Gasteiger partial charge in [-0.25, -0.2) is 21.6 Å². The molecular weight excluding hydrogens is 323 g/mol. The third-order valence-electron chi connectivity index (χ3n) is 2.46. The minimum Gasteiger partial charge on any atom is -0.369 e. The van der Waals surface area contributed by atoms with Gasteiger partial charge in [0.1, 0.15) is 0 Å². The van der Waals surface area contributed by atoms with Crippen LogP contribution in [0, 0.1) is 17.5 Å². The molecule has 118 valence electrons. The highest BCUT2D eigenvalue weighted by Crippen LogP contribution is 2.38. The molecule has 0 radical (unpaired) electrons. The van der Waals surface area contributed by atoms with Crippen LogP contribution in [0.25, 0.3) is 0 Å². The molecule has 0 spiro atoms. The molecule has 1 aromatic carbocycles. The normalized spacial score (nSPS) is 12.7. The van der Waals surface area contributed by atoms with Crippen LogP contribution < -0.4 is 5.73 Å². The number of hydrogen-bond donors (Lipinski definition) is 1. The van der Waals surface area contributed by atoms with Gasteiger partial charge in [0, 0.05) is 7.05 Å². The van der Waals surface area contributed by atoms with Gasteiger partial charge in [0.05, 0.1) is 12.1 Å². The molecule has 0 aliphatic rings. The number of amides is 1. The van der Waals surface area contributed by atoms with Crippen LogP contribution >= 0.6 is 0 Å². The van der Waals surface area contributed by atoms with Gasteiger partial charge in [0.2, 0.25) is 5.91 Å². The Morgan fingerprint density at radius 3 is 2.24 bits per heavy atom. The first-order chi connectivity index (χ1) is 9.42. The van der Waals surface area contributed by atoms with E-state index in [1.165, 1.54) is 0 Å². The molecule has 2 N–H and O–H groups in total. The summed E-state index contributed by atoms with van der Waals surface area (Å²) in [6.07, 6.45) is 0. The summed E-state index contributed by atoms with van der Waals surface area (Å²) in [6, 6.07) is 0.259. The van der Waals surface area contributed by atoms with Crippen molar-refractivity contribution in [3.8, 4) is 0 Å². The monoisotopic (exact) mass is 332 g/mol. The standard InChI is InChI=1S/C10H9F5N2O3S/c1-17(4-7(16)18)21(19,20)10(14,15)5-2-3-6(11)9(13)8(5)12/h2-3H,4H2,1H3,(H2,16,18). The van der Waals surface area contributed by atoms with Crippen LogP contribution in [0.4, 0.5) is 22.0 Å². The molecular formula is C10H9F5N2O3S. The highest BCUT2D eigenvalue weighted by Gasteiger charge is 2.52. The summed E-state index contributed by atoms with van der Waals surface area (Å²) in [5.74, 6) is -7.56. The molecule has 0 fully saturated rings. The molecule has 0 aliphatic heterocycles. The van der Waals surface area contributed by atoms with Crippen molar-refractivity contribution in [2.45, 2.75) is 5.25 Å². The van der Waals surface area contributed by atoms with E-state index in [0.29, 0.717) is 7.05 Å². The minimum atomic E-state index is -5.57. The van der Waals surface area contributed by atoms with Crippen molar-refractivity contribution in [1.29, 1.82) is 0 Å². The number of nitrogens with two attached hydrogens (primary N) is 1. The van der Waals surface area contributed by atoms with E-state index in [1.807, 2.05) is 0 Å². The molecule has 0 aliphatic carbocycles. The van der Waals surface area contributed by atoms with Crippen LogP contribution in [0.1, 0.15) is 5.56 Å². The largest absolute Gasteiger partial charge is 0.387 e. The zero-order valence-corrected chi connectivity index (χ0v) is 11.2. The van der Waals surface area contributed by atoms with E-state index in [9.17, 15) is 35.2 Å². The SMILES string of the molecule is CN(CC(N)=O)S(=O)(=O)C(F)(F)c1ccc(F)c(F)c1F. The Bertz CT molecular complexity index is 678. The average Bonchev–Trinajstić information content (AvgIpc) is 2.34. The first kappa shape index (κ1) is 17.3. The van der Waals surface area contributed by atoms with Crippen LogP contribution in [0.15, 0.2) is 12.1 Å². The number of likely N-dealkylation sites (N-methyl/N-ethyl adjacent to an activating group) is 1. The summed E-state index contributed by atoms with van der Waals surface area (Å²) >= 11 is 0. The van der Waals surface area contributed by atoms with Gasteiger partial charge < -0.3 is 5.73 Å². The van der Waals surface area contributed by atoms with E-state index in [2.05, 4.69) is 5.73 Å². The Hall–Kier alpha value is -1.75. The quantitative estimate of drug-likeness (QED) is 0.643. The number of alkyl halides is 2. The lowest BCUT2D eigenvalue weighted by Crippen LogP contribution is -2.43. The molecule has 0 unspecified atom stereocenters. The second-order valence-corrected chi connectivity index (χ2v) is 6.05. The number of hydrogen-bond acceptors (Lipinski definition) is 3. The lowest BCUT2D eigenvalue weighted by Gasteiger charge is -2.23. The highest BCUT2D eigenvalue weighted by atomic mass is 32.2. The topological polar surface area (TPSA) is 80.5 Å². The minimum absolute atomic E-state index is 0.101. The number of carbonyl (C=O) groups is 1. The number of halogens is 5.